The highest BCUT2D eigenvalue weighted by molar-refractivity contribution is 6.29. The first kappa shape index (κ1) is 13.6. The molecular weight excluding hydrogens is 263 g/mol. The summed E-state index contributed by atoms with van der Waals surface area (Å²) in [5, 5.41) is -0.225. The summed E-state index contributed by atoms with van der Waals surface area (Å²) in [6.07, 6.45) is -4.96. The smallest absolute Gasteiger partial charge is 0.462 e. The van der Waals surface area contributed by atoms with Crippen LogP contribution < -0.4 is 4.74 Å². The van der Waals surface area contributed by atoms with Crippen molar-refractivity contribution >= 4 is 17.6 Å². The molecule has 17 heavy (non-hydrogen) atoms. The summed E-state index contributed by atoms with van der Waals surface area (Å²) in [5.74, 6) is -1.89. The molecule has 0 aliphatic carbocycles. The first-order valence-corrected chi connectivity index (χ1v) is 4.80. The number of pyridine rings is 1. The molecule has 4 nitrogen and oxygen atoms in total. The molecule has 0 N–H and O–H groups in total. The zero-order valence-electron chi connectivity index (χ0n) is 8.55. The molecule has 0 amide bonds. The molecule has 0 radical (unpaired) electrons. The van der Waals surface area contributed by atoms with Gasteiger partial charge >= 0.3 is 12.3 Å². The van der Waals surface area contributed by atoms with E-state index < -0.39 is 23.8 Å². The molecule has 0 aliphatic heterocycles. The lowest BCUT2D eigenvalue weighted by Crippen LogP contribution is -2.20. The van der Waals surface area contributed by atoms with E-state index in [1.54, 1.807) is 0 Å². The summed E-state index contributed by atoms with van der Waals surface area (Å²) in [4.78, 5) is 14.6. The zero-order valence-corrected chi connectivity index (χ0v) is 9.30. The molecule has 1 aromatic heterocycles. The van der Waals surface area contributed by atoms with Crippen LogP contribution in [0.25, 0.3) is 0 Å². The summed E-state index contributed by atoms with van der Waals surface area (Å²) >= 11 is 5.42. The van der Waals surface area contributed by atoms with Crippen molar-refractivity contribution in [2.45, 2.75) is 13.3 Å². The third-order valence-corrected chi connectivity index (χ3v) is 1.74. The highest BCUT2D eigenvalue weighted by Crippen LogP contribution is 2.26. The van der Waals surface area contributed by atoms with Crippen molar-refractivity contribution in [3.63, 3.8) is 0 Å². The number of aromatic nitrogens is 1. The highest BCUT2D eigenvalue weighted by atomic mass is 35.5. The summed E-state index contributed by atoms with van der Waals surface area (Å²) in [6, 6.07) is 2.21. The Labute approximate surface area is 99.3 Å². The number of rotatable bonds is 3. The Morgan fingerprint density at radius 3 is 2.65 bits per heavy atom. The number of alkyl halides is 3. The number of carbonyl (C=O) groups excluding carboxylic acids is 1. The number of nitrogens with zero attached hydrogens (tertiary/aromatic N) is 1. The van der Waals surface area contributed by atoms with Crippen molar-refractivity contribution in [3.8, 4) is 5.88 Å². The fraction of sp³-hybridized carbons (Fsp3) is 0.333. The van der Waals surface area contributed by atoms with Gasteiger partial charge in [0.2, 0.25) is 5.88 Å². The summed E-state index contributed by atoms with van der Waals surface area (Å²) in [5.41, 5.74) is -0.437. The Bertz CT molecular complexity index is 422. The molecule has 0 aliphatic rings. The lowest BCUT2D eigenvalue weighted by Gasteiger charge is -2.11. The molecule has 0 fully saturated rings. The van der Waals surface area contributed by atoms with E-state index in [2.05, 4.69) is 14.5 Å². The predicted octanol–water partition coefficient (Wildman–Crippen LogP) is 2.81. The Hall–Kier alpha value is -1.50. The number of halogens is 4. The van der Waals surface area contributed by atoms with Gasteiger partial charge in [-0.15, -0.1) is 13.2 Å². The standard InChI is InChI=1S/C9H7ClF3NO3/c1-2-16-8(15)5-3-4-6(10)14-7(5)17-9(11,12)13/h3-4H,2H2,1H3. The molecule has 0 unspecified atom stereocenters. The van der Waals surface area contributed by atoms with Gasteiger partial charge in [0.25, 0.3) is 0 Å². The quantitative estimate of drug-likeness (QED) is 0.625. The minimum absolute atomic E-state index is 0.0208. The first-order valence-electron chi connectivity index (χ1n) is 4.43. The van der Waals surface area contributed by atoms with E-state index in [0.717, 1.165) is 12.1 Å². The number of ether oxygens (including phenoxy) is 2. The minimum Gasteiger partial charge on any atom is -0.462 e. The van der Waals surface area contributed by atoms with Crippen molar-refractivity contribution in [1.29, 1.82) is 0 Å². The maximum absolute atomic E-state index is 12.0. The van der Waals surface area contributed by atoms with Crippen molar-refractivity contribution in [2.24, 2.45) is 0 Å². The molecule has 1 heterocycles. The molecule has 0 saturated heterocycles. The Morgan fingerprint density at radius 1 is 1.47 bits per heavy atom. The maximum Gasteiger partial charge on any atom is 0.574 e. The number of hydrogen-bond donors (Lipinski definition) is 0. The third-order valence-electron chi connectivity index (χ3n) is 1.53. The van der Waals surface area contributed by atoms with Gasteiger partial charge in [0.05, 0.1) is 6.61 Å². The van der Waals surface area contributed by atoms with Crippen LogP contribution in [0.5, 0.6) is 5.88 Å². The first-order chi connectivity index (χ1) is 7.83. The summed E-state index contributed by atoms with van der Waals surface area (Å²) < 4.78 is 44.3. The molecule has 94 valence electrons. The van der Waals surface area contributed by atoms with Gasteiger partial charge in [-0.3, -0.25) is 0 Å². The lowest BCUT2D eigenvalue weighted by molar-refractivity contribution is -0.276. The fourth-order valence-corrected chi connectivity index (χ4v) is 1.11. The van der Waals surface area contributed by atoms with Gasteiger partial charge in [-0.1, -0.05) is 11.6 Å². The lowest BCUT2D eigenvalue weighted by atomic mass is 10.3. The average Bonchev–Trinajstić information content (AvgIpc) is 2.15. The van der Waals surface area contributed by atoms with E-state index in [1.165, 1.54) is 6.92 Å². The topological polar surface area (TPSA) is 48.4 Å². The van der Waals surface area contributed by atoms with Crippen LogP contribution in [-0.2, 0) is 4.74 Å². The largest absolute Gasteiger partial charge is 0.574 e. The third kappa shape index (κ3) is 4.10. The monoisotopic (exact) mass is 269 g/mol. The van der Waals surface area contributed by atoms with E-state index in [4.69, 9.17) is 11.6 Å². The fourth-order valence-electron chi connectivity index (χ4n) is 0.970. The molecule has 0 atom stereocenters. The minimum atomic E-state index is -4.96. The van der Waals surface area contributed by atoms with Gasteiger partial charge in [-0.2, -0.15) is 0 Å². The van der Waals surface area contributed by atoms with Gasteiger partial charge in [0.15, 0.2) is 0 Å². The highest BCUT2D eigenvalue weighted by Gasteiger charge is 2.34. The maximum atomic E-state index is 12.0. The van der Waals surface area contributed by atoms with Crippen molar-refractivity contribution in [3.05, 3.63) is 22.8 Å². The Kier molecular flexibility index (Phi) is 4.17. The van der Waals surface area contributed by atoms with Crippen LogP contribution in [0, 0.1) is 0 Å². The SMILES string of the molecule is CCOC(=O)c1ccc(Cl)nc1OC(F)(F)F. The van der Waals surface area contributed by atoms with E-state index in [-0.39, 0.29) is 11.8 Å². The predicted molar refractivity (Wildman–Crippen MR) is 51.9 cm³/mol. The van der Waals surface area contributed by atoms with E-state index in [1.807, 2.05) is 0 Å². The van der Waals surface area contributed by atoms with Gasteiger partial charge in [0.1, 0.15) is 10.7 Å². The van der Waals surface area contributed by atoms with Crippen LogP contribution in [0.3, 0.4) is 0 Å². The molecule has 8 heteroatoms. The van der Waals surface area contributed by atoms with Gasteiger partial charge in [0, 0.05) is 0 Å². The van der Waals surface area contributed by atoms with Crippen molar-refractivity contribution in [2.75, 3.05) is 6.61 Å². The second-order valence-corrected chi connectivity index (χ2v) is 3.14. The van der Waals surface area contributed by atoms with Gasteiger partial charge < -0.3 is 9.47 Å². The second kappa shape index (κ2) is 5.22. The Balaban J connectivity index is 3.08. The molecule has 0 saturated carbocycles. The summed E-state index contributed by atoms with van der Waals surface area (Å²) in [6.45, 7) is 1.54. The van der Waals surface area contributed by atoms with Gasteiger partial charge in [-0.25, -0.2) is 9.78 Å². The molecule has 1 rings (SSSR count). The Morgan fingerprint density at radius 2 is 2.12 bits per heavy atom. The van der Waals surface area contributed by atoms with Crippen LogP contribution in [0.1, 0.15) is 17.3 Å². The second-order valence-electron chi connectivity index (χ2n) is 2.75. The molecule has 1 aromatic rings. The number of hydrogen-bond acceptors (Lipinski definition) is 4. The normalized spacial score (nSPS) is 11.1. The molecule has 0 spiro atoms. The number of carbonyl (C=O) groups is 1. The molecule has 0 bridgehead atoms. The van der Waals surface area contributed by atoms with Crippen LogP contribution in [0.2, 0.25) is 5.15 Å². The summed E-state index contributed by atoms with van der Waals surface area (Å²) in [7, 11) is 0. The van der Waals surface area contributed by atoms with E-state index in [9.17, 15) is 18.0 Å². The van der Waals surface area contributed by atoms with Crippen molar-refractivity contribution in [1.82, 2.24) is 4.98 Å². The van der Waals surface area contributed by atoms with Crippen LogP contribution in [0.4, 0.5) is 13.2 Å². The molecular formula is C9H7ClF3NO3. The van der Waals surface area contributed by atoms with Gasteiger partial charge in [-0.05, 0) is 19.1 Å². The zero-order chi connectivity index (χ0) is 13.1. The van der Waals surface area contributed by atoms with Crippen molar-refractivity contribution < 1.29 is 27.4 Å². The average molecular weight is 270 g/mol. The van der Waals surface area contributed by atoms with E-state index in [0.29, 0.717) is 0 Å². The van der Waals surface area contributed by atoms with E-state index >= 15 is 0 Å². The van der Waals surface area contributed by atoms with Crippen LogP contribution in [-0.4, -0.2) is 23.9 Å². The van der Waals surface area contributed by atoms with Crippen LogP contribution in [0.15, 0.2) is 12.1 Å². The van der Waals surface area contributed by atoms with Crippen LogP contribution >= 0.6 is 11.6 Å². The molecule has 0 aromatic carbocycles. The number of esters is 1.